The highest BCUT2D eigenvalue weighted by molar-refractivity contribution is 5.89. The molecule has 3 saturated heterocycles. The van der Waals surface area contributed by atoms with E-state index in [1.807, 2.05) is 0 Å². The van der Waals surface area contributed by atoms with Gasteiger partial charge >= 0.3 is 5.97 Å². The Labute approximate surface area is 359 Å². The minimum atomic E-state index is -2.00. The van der Waals surface area contributed by atoms with Gasteiger partial charge in [-0.3, -0.25) is 4.79 Å². The van der Waals surface area contributed by atoms with Crippen molar-refractivity contribution in [2.45, 2.75) is 92.9 Å². The van der Waals surface area contributed by atoms with Gasteiger partial charge in [0.15, 0.2) is 47.3 Å². The lowest BCUT2D eigenvalue weighted by Crippen LogP contribution is -2.63. The molecular formula is C41H44O23. The molecule has 4 heterocycles. The van der Waals surface area contributed by atoms with Crippen molar-refractivity contribution < 1.29 is 109 Å². The van der Waals surface area contributed by atoms with Crippen molar-refractivity contribution in [2.24, 2.45) is 0 Å². The Hall–Kier alpha value is -5.80. The molecule has 0 aliphatic carbocycles. The Morgan fingerprint density at radius 1 is 0.719 bits per heavy atom. The van der Waals surface area contributed by atoms with Crippen LogP contribution in [0.2, 0.25) is 0 Å². The van der Waals surface area contributed by atoms with Crippen molar-refractivity contribution >= 4 is 23.0 Å². The van der Waals surface area contributed by atoms with Gasteiger partial charge in [0.05, 0.1) is 19.3 Å². The highest BCUT2D eigenvalue weighted by atomic mass is 16.8. The molecule has 0 amide bonds. The number of benzene rings is 3. The predicted octanol–water partition coefficient (Wildman–Crippen LogP) is -1.90. The van der Waals surface area contributed by atoms with Crippen LogP contribution < -0.4 is 14.9 Å². The minimum Gasteiger partial charge on any atom is -0.507 e. The van der Waals surface area contributed by atoms with Crippen LogP contribution in [-0.4, -0.2) is 172 Å². The summed E-state index contributed by atoms with van der Waals surface area (Å²) in [5.41, 5.74) is -1.36. The van der Waals surface area contributed by atoms with Gasteiger partial charge in [0.2, 0.25) is 23.8 Å². The zero-order valence-corrected chi connectivity index (χ0v) is 33.2. The van der Waals surface area contributed by atoms with Crippen LogP contribution in [0.3, 0.4) is 0 Å². The number of ether oxygens (including phenoxy) is 7. The van der Waals surface area contributed by atoms with Crippen molar-refractivity contribution in [1.29, 1.82) is 0 Å². The predicted molar refractivity (Wildman–Crippen MR) is 210 cm³/mol. The van der Waals surface area contributed by atoms with Crippen LogP contribution in [0.5, 0.6) is 40.2 Å². The van der Waals surface area contributed by atoms with E-state index in [1.165, 1.54) is 37.3 Å². The minimum absolute atomic E-state index is 0.127. The number of carbonyl (C=O) groups excluding carboxylic acids is 1. The molecule has 13 N–H and O–H groups in total. The largest absolute Gasteiger partial charge is 0.507 e. The summed E-state index contributed by atoms with van der Waals surface area (Å²) in [5, 5.41) is 134. The zero-order chi connectivity index (χ0) is 46.3. The quantitative estimate of drug-likeness (QED) is 0.0444. The third kappa shape index (κ3) is 9.23. The second kappa shape index (κ2) is 18.7. The molecule has 14 atom stereocenters. The van der Waals surface area contributed by atoms with E-state index in [-0.39, 0.29) is 17.1 Å². The topological polar surface area (TPSA) is 375 Å². The Balaban J connectivity index is 1.16. The highest BCUT2D eigenvalue weighted by Crippen LogP contribution is 2.40. The first-order valence-corrected chi connectivity index (χ1v) is 19.4. The summed E-state index contributed by atoms with van der Waals surface area (Å²) in [6.45, 7) is -0.0366. The average molecular weight is 905 g/mol. The smallest absolute Gasteiger partial charge is 0.331 e. The normalized spacial score (nSPS) is 32.1. The zero-order valence-electron chi connectivity index (χ0n) is 33.2. The molecule has 0 spiro atoms. The number of phenolic OH excluding ortho intramolecular Hbond substituents is 5. The Morgan fingerprint density at radius 2 is 1.41 bits per heavy atom. The molecule has 0 unspecified atom stereocenters. The summed E-state index contributed by atoms with van der Waals surface area (Å²) in [6.07, 6.45) is -22.0. The van der Waals surface area contributed by atoms with Gasteiger partial charge in [0.1, 0.15) is 71.3 Å². The Morgan fingerprint density at radius 3 is 2.09 bits per heavy atom. The standard InChI is InChI=1S/C41H44O23/c1-14-35(62-26(49)7-3-15-2-5-18(43)20(45)8-15)32(54)34(56)39(58-14)64-38-28(50)23(48)13-57-41(38)63-37-30(52)27-22(47)10-17(59-40-33(55)31(53)29(51)25(12-42)61-40)11-24(27)60-36(37)16-4-6-19(44)21(46)9-16/h2-11,14,23,25,28-29,31-35,38-48,50-51,53-56H,12-13H2,1H3/b7-3+/t14-,23-,25+,28-,29+,31-,32-,33+,34+,35-,38+,39-,40+,41-/m0/s1. The van der Waals surface area contributed by atoms with E-state index < -0.39 is 156 Å². The van der Waals surface area contributed by atoms with Gasteiger partial charge in [0, 0.05) is 23.8 Å². The molecule has 0 bridgehead atoms. The molecule has 64 heavy (non-hydrogen) atoms. The van der Waals surface area contributed by atoms with Crippen LogP contribution in [-0.2, 0) is 28.5 Å². The number of phenols is 5. The monoisotopic (exact) mass is 904 g/mol. The highest BCUT2D eigenvalue weighted by Gasteiger charge is 2.50. The molecule has 1 aromatic heterocycles. The number of hydrogen-bond acceptors (Lipinski definition) is 23. The summed E-state index contributed by atoms with van der Waals surface area (Å²) < 4.78 is 45.5. The van der Waals surface area contributed by atoms with Gasteiger partial charge < -0.3 is 104 Å². The summed E-state index contributed by atoms with van der Waals surface area (Å²) in [6, 6.07) is 8.91. The summed E-state index contributed by atoms with van der Waals surface area (Å²) >= 11 is 0. The summed E-state index contributed by atoms with van der Waals surface area (Å²) in [4.78, 5) is 27.0. The number of carbonyl (C=O) groups is 1. The number of aliphatic hydroxyl groups is 8. The van der Waals surface area contributed by atoms with E-state index in [0.717, 1.165) is 30.3 Å². The summed E-state index contributed by atoms with van der Waals surface area (Å²) in [7, 11) is 0. The third-order valence-electron chi connectivity index (χ3n) is 10.6. The maximum Gasteiger partial charge on any atom is 0.331 e. The molecule has 23 heteroatoms. The van der Waals surface area contributed by atoms with Gasteiger partial charge in [-0.1, -0.05) is 6.07 Å². The molecule has 0 saturated carbocycles. The maximum atomic E-state index is 14.3. The van der Waals surface area contributed by atoms with E-state index in [0.29, 0.717) is 5.56 Å². The number of fused-ring (bicyclic) bond motifs is 1. The first-order valence-electron chi connectivity index (χ1n) is 19.4. The fourth-order valence-corrected chi connectivity index (χ4v) is 7.13. The third-order valence-corrected chi connectivity index (χ3v) is 10.6. The SMILES string of the molecule is C[C@@H]1O[C@@H](O[C@H]2[C@H](Oc3c(-c4ccc(O)c(O)c4)oc4cc(O[C@@H]5O[C@H](CO)[C@@H](O)[C@H](O)[C@H]5O)cc(O)c4c3=O)OC[C@H](O)[C@@H]2O)[C@H](O)[C@H](O)[C@H]1OC(=O)/C=C/c1ccc(O)c(O)c1. The van der Waals surface area contributed by atoms with Crippen molar-refractivity contribution in [3.8, 4) is 51.6 Å². The Bertz CT molecular complexity index is 2420. The van der Waals surface area contributed by atoms with E-state index in [1.54, 1.807) is 0 Å². The molecule has 3 fully saturated rings. The number of aliphatic hydroxyl groups excluding tert-OH is 8. The van der Waals surface area contributed by atoms with Crippen LogP contribution in [0, 0.1) is 0 Å². The van der Waals surface area contributed by atoms with Crippen molar-refractivity contribution in [2.75, 3.05) is 13.2 Å². The Kier molecular flexibility index (Phi) is 13.5. The van der Waals surface area contributed by atoms with Crippen LogP contribution >= 0.6 is 0 Å². The van der Waals surface area contributed by atoms with Crippen LogP contribution in [0.15, 0.2) is 63.8 Å². The number of esters is 1. The lowest BCUT2D eigenvalue weighted by atomic mass is 9.99. The van der Waals surface area contributed by atoms with E-state index in [9.17, 15) is 76.0 Å². The van der Waals surface area contributed by atoms with Gasteiger partial charge in [-0.25, -0.2) is 4.79 Å². The first-order chi connectivity index (χ1) is 30.4. The van der Waals surface area contributed by atoms with Crippen LogP contribution in [0.4, 0.5) is 0 Å². The molecule has 346 valence electrons. The molecule has 3 aliphatic heterocycles. The molecule has 23 nitrogen and oxygen atoms in total. The average Bonchev–Trinajstić information content (AvgIpc) is 3.26. The maximum absolute atomic E-state index is 14.3. The second-order valence-corrected chi connectivity index (χ2v) is 15.1. The van der Waals surface area contributed by atoms with Crippen molar-refractivity contribution in [1.82, 2.24) is 0 Å². The van der Waals surface area contributed by atoms with Gasteiger partial charge in [-0.2, -0.15) is 0 Å². The molecule has 0 radical (unpaired) electrons. The lowest BCUT2D eigenvalue weighted by Gasteiger charge is -2.44. The second-order valence-electron chi connectivity index (χ2n) is 15.1. The van der Waals surface area contributed by atoms with Crippen LogP contribution in [0.25, 0.3) is 28.4 Å². The number of aromatic hydroxyl groups is 5. The van der Waals surface area contributed by atoms with Crippen molar-refractivity contribution in [3.05, 3.63) is 70.4 Å². The van der Waals surface area contributed by atoms with Gasteiger partial charge in [0.25, 0.3) is 0 Å². The van der Waals surface area contributed by atoms with Crippen molar-refractivity contribution in [3.63, 3.8) is 0 Å². The fraction of sp³-hybridized carbons (Fsp3) is 0.415. The van der Waals surface area contributed by atoms with Gasteiger partial charge in [-0.05, 0) is 48.9 Å². The first kappa shape index (κ1) is 46.2. The number of rotatable bonds is 11. The molecule has 3 aromatic carbocycles. The lowest BCUT2D eigenvalue weighted by molar-refractivity contribution is -0.345. The molecule has 4 aromatic rings. The van der Waals surface area contributed by atoms with Crippen LogP contribution in [0.1, 0.15) is 12.5 Å². The summed E-state index contributed by atoms with van der Waals surface area (Å²) in [5.74, 6) is -5.48. The van der Waals surface area contributed by atoms with E-state index >= 15 is 0 Å². The molecule has 7 rings (SSSR count). The molecular weight excluding hydrogens is 860 g/mol. The van der Waals surface area contributed by atoms with Gasteiger partial charge in [-0.15, -0.1) is 0 Å². The number of hydrogen-bond donors (Lipinski definition) is 13. The van der Waals surface area contributed by atoms with E-state index in [2.05, 4.69) is 0 Å². The fourth-order valence-electron chi connectivity index (χ4n) is 7.13. The van der Waals surface area contributed by atoms with E-state index in [4.69, 9.17) is 37.6 Å². The molecule has 3 aliphatic rings.